The van der Waals surface area contributed by atoms with Crippen molar-refractivity contribution in [3.05, 3.63) is 28.8 Å². The molecule has 2 N–H and O–H groups in total. The second kappa shape index (κ2) is 6.09. The largest absolute Gasteiger partial charge is 0.496 e. The second-order valence-electron chi connectivity index (χ2n) is 3.83. The predicted octanol–water partition coefficient (Wildman–Crippen LogP) is 2.21. The third-order valence-corrected chi connectivity index (χ3v) is 2.97. The molecule has 1 aromatic rings. The molecular formula is C12H18ClNO2. The van der Waals surface area contributed by atoms with Crippen LogP contribution in [-0.2, 0) is 6.54 Å². The standard InChI is InChI=1S/C12H18ClNO2/c1-8(9(2)15)14-7-10-11(13)5-4-6-12(10)16-3/h4-6,8-9,14-15H,7H2,1-3H3. The molecule has 0 heterocycles. The molecule has 0 spiro atoms. The minimum absolute atomic E-state index is 0.0148. The van der Waals surface area contributed by atoms with E-state index in [9.17, 15) is 5.11 Å². The van der Waals surface area contributed by atoms with Crippen molar-refractivity contribution in [2.24, 2.45) is 0 Å². The van der Waals surface area contributed by atoms with Crippen LogP contribution in [-0.4, -0.2) is 24.4 Å². The van der Waals surface area contributed by atoms with Gasteiger partial charge in [-0.15, -0.1) is 0 Å². The molecule has 0 saturated heterocycles. The first kappa shape index (κ1) is 13.3. The van der Waals surface area contributed by atoms with Gasteiger partial charge < -0.3 is 15.2 Å². The van der Waals surface area contributed by atoms with Crippen LogP contribution >= 0.6 is 11.6 Å². The minimum Gasteiger partial charge on any atom is -0.496 e. The van der Waals surface area contributed by atoms with Crippen molar-refractivity contribution in [1.82, 2.24) is 5.32 Å². The van der Waals surface area contributed by atoms with Crippen molar-refractivity contribution in [3.63, 3.8) is 0 Å². The van der Waals surface area contributed by atoms with E-state index in [1.54, 1.807) is 14.0 Å². The summed E-state index contributed by atoms with van der Waals surface area (Å²) >= 11 is 6.09. The molecule has 2 unspecified atom stereocenters. The van der Waals surface area contributed by atoms with Crippen LogP contribution in [0.1, 0.15) is 19.4 Å². The highest BCUT2D eigenvalue weighted by molar-refractivity contribution is 6.31. The number of hydrogen-bond donors (Lipinski definition) is 2. The van der Waals surface area contributed by atoms with Crippen LogP contribution in [0.4, 0.5) is 0 Å². The fourth-order valence-corrected chi connectivity index (χ4v) is 1.57. The number of aliphatic hydroxyl groups excluding tert-OH is 1. The number of nitrogens with one attached hydrogen (secondary N) is 1. The zero-order valence-corrected chi connectivity index (χ0v) is 10.6. The van der Waals surface area contributed by atoms with Gasteiger partial charge in [0, 0.05) is 23.2 Å². The maximum Gasteiger partial charge on any atom is 0.124 e. The van der Waals surface area contributed by atoms with Crippen molar-refractivity contribution in [2.75, 3.05) is 7.11 Å². The van der Waals surface area contributed by atoms with E-state index in [1.807, 2.05) is 25.1 Å². The Hall–Kier alpha value is -0.770. The number of rotatable bonds is 5. The molecule has 0 radical (unpaired) electrons. The SMILES string of the molecule is COc1cccc(Cl)c1CNC(C)C(C)O. The molecular weight excluding hydrogens is 226 g/mol. The summed E-state index contributed by atoms with van der Waals surface area (Å²) < 4.78 is 5.23. The summed E-state index contributed by atoms with van der Waals surface area (Å²) in [5, 5.41) is 13.2. The van der Waals surface area contributed by atoms with Gasteiger partial charge in [-0.2, -0.15) is 0 Å². The lowest BCUT2D eigenvalue weighted by atomic mass is 10.1. The van der Waals surface area contributed by atoms with Gasteiger partial charge in [0.1, 0.15) is 5.75 Å². The number of halogens is 1. The van der Waals surface area contributed by atoms with Gasteiger partial charge in [-0.1, -0.05) is 17.7 Å². The van der Waals surface area contributed by atoms with E-state index >= 15 is 0 Å². The smallest absolute Gasteiger partial charge is 0.124 e. The van der Waals surface area contributed by atoms with E-state index in [1.165, 1.54) is 0 Å². The Kier molecular flexibility index (Phi) is 5.06. The van der Waals surface area contributed by atoms with Crippen LogP contribution < -0.4 is 10.1 Å². The highest BCUT2D eigenvalue weighted by atomic mass is 35.5. The zero-order chi connectivity index (χ0) is 12.1. The Morgan fingerprint density at radius 1 is 1.44 bits per heavy atom. The topological polar surface area (TPSA) is 41.5 Å². The average Bonchev–Trinajstić information content (AvgIpc) is 2.26. The number of methoxy groups -OCH3 is 1. The lowest BCUT2D eigenvalue weighted by Crippen LogP contribution is -2.35. The summed E-state index contributed by atoms with van der Waals surface area (Å²) in [7, 11) is 1.62. The maximum atomic E-state index is 9.37. The van der Waals surface area contributed by atoms with Gasteiger partial charge in [0.25, 0.3) is 0 Å². The third kappa shape index (κ3) is 3.37. The van der Waals surface area contributed by atoms with Crippen LogP contribution in [0.25, 0.3) is 0 Å². The normalized spacial score (nSPS) is 14.6. The molecule has 3 nitrogen and oxygen atoms in total. The molecule has 2 atom stereocenters. The van der Waals surface area contributed by atoms with E-state index in [0.717, 1.165) is 11.3 Å². The van der Waals surface area contributed by atoms with Gasteiger partial charge in [0.2, 0.25) is 0 Å². The lowest BCUT2D eigenvalue weighted by Gasteiger charge is -2.18. The van der Waals surface area contributed by atoms with Gasteiger partial charge in [-0.3, -0.25) is 0 Å². The van der Waals surface area contributed by atoms with Crippen molar-refractivity contribution in [1.29, 1.82) is 0 Å². The van der Waals surface area contributed by atoms with Crippen LogP contribution in [0.3, 0.4) is 0 Å². The van der Waals surface area contributed by atoms with Crippen LogP contribution in [0, 0.1) is 0 Å². The highest BCUT2D eigenvalue weighted by Crippen LogP contribution is 2.25. The Labute approximate surface area is 101 Å². The Morgan fingerprint density at radius 3 is 2.69 bits per heavy atom. The van der Waals surface area contributed by atoms with Crippen LogP contribution in [0.5, 0.6) is 5.75 Å². The van der Waals surface area contributed by atoms with Crippen molar-refractivity contribution in [2.45, 2.75) is 32.5 Å². The van der Waals surface area contributed by atoms with E-state index < -0.39 is 6.10 Å². The molecule has 4 heteroatoms. The van der Waals surface area contributed by atoms with Crippen LogP contribution in [0.2, 0.25) is 5.02 Å². The Bertz CT molecular complexity index is 342. The van der Waals surface area contributed by atoms with Gasteiger partial charge in [-0.25, -0.2) is 0 Å². The monoisotopic (exact) mass is 243 g/mol. The van der Waals surface area contributed by atoms with Gasteiger partial charge in [0.05, 0.1) is 13.2 Å². The summed E-state index contributed by atoms with van der Waals surface area (Å²) in [5.74, 6) is 0.762. The third-order valence-electron chi connectivity index (χ3n) is 2.62. The molecule has 0 aliphatic carbocycles. The molecule has 0 bridgehead atoms. The molecule has 0 aliphatic heterocycles. The number of benzene rings is 1. The molecule has 0 aromatic heterocycles. The second-order valence-corrected chi connectivity index (χ2v) is 4.24. The first-order valence-electron chi connectivity index (χ1n) is 5.29. The van der Waals surface area contributed by atoms with Gasteiger partial charge in [-0.05, 0) is 26.0 Å². The zero-order valence-electron chi connectivity index (χ0n) is 9.83. The van der Waals surface area contributed by atoms with Crippen molar-refractivity contribution < 1.29 is 9.84 Å². The number of hydrogen-bond acceptors (Lipinski definition) is 3. The summed E-state index contributed by atoms with van der Waals surface area (Å²) in [6.07, 6.45) is -0.395. The summed E-state index contributed by atoms with van der Waals surface area (Å²) in [6, 6.07) is 5.56. The minimum atomic E-state index is -0.395. The fourth-order valence-electron chi connectivity index (χ4n) is 1.34. The average molecular weight is 244 g/mol. The molecule has 0 amide bonds. The highest BCUT2D eigenvalue weighted by Gasteiger charge is 2.11. The molecule has 90 valence electrons. The Morgan fingerprint density at radius 2 is 2.12 bits per heavy atom. The van der Waals surface area contributed by atoms with E-state index in [0.29, 0.717) is 11.6 Å². The molecule has 0 aliphatic rings. The summed E-state index contributed by atoms with van der Waals surface area (Å²) in [4.78, 5) is 0. The summed E-state index contributed by atoms with van der Waals surface area (Å²) in [5.41, 5.74) is 0.916. The Balaban J connectivity index is 2.73. The van der Waals surface area contributed by atoms with Crippen LogP contribution in [0.15, 0.2) is 18.2 Å². The van der Waals surface area contributed by atoms with Gasteiger partial charge in [0.15, 0.2) is 0 Å². The van der Waals surface area contributed by atoms with Crippen molar-refractivity contribution >= 4 is 11.6 Å². The van der Waals surface area contributed by atoms with Gasteiger partial charge >= 0.3 is 0 Å². The molecule has 1 aromatic carbocycles. The quantitative estimate of drug-likeness (QED) is 0.833. The number of ether oxygens (including phenoxy) is 1. The van der Waals surface area contributed by atoms with Crippen molar-refractivity contribution in [3.8, 4) is 5.75 Å². The molecule has 1 rings (SSSR count). The molecule has 16 heavy (non-hydrogen) atoms. The maximum absolute atomic E-state index is 9.37. The summed E-state index contributed by atoms with van der Waals surface area (Å²) in [6.45, 7) is 4.25. The molecule has 0 saturated carbocycles. The lowest BCUT2D eigenvalue weighted by molar-refractivity contribution is 0.152. The fraction of sp³-hybridized carbons (Fsp3) is 0.500. The number of aliphatic hydroxyl groups is 1. The molecule has 0 fully saturated rings. The van der Waals surface area contributed by atoms with E-state index in [4.69, 9.17) is 16.3 Å². The first-order chi connectivity index (χ1) is 7.56. The van der Waals surface area contributed by atoms with E-state index in [-0.39, 0.29) is 6.04 Å². The predicted molar refractivity (Wildman–Crippen MR) is 66.0 cm³/mol. The van der Waals surface area contributed by atoms with E-state index in [2.05, 4.69) is 5.32 Å². The first-order valence-corrected chi connectivity index (χ1v) is 5.67.